The molecule has 0 aromatic carbocycles. The van der Waals surface area contributed by atoms with Gasteiger partial charge < -0.3 is 19.9 Å². The molecule has 0 saturated heterocycles. The second-order valence-electron chi connectivity index (χ2n) is 5.06. The summed E-state index contributed by atoms with van der Waals surface area (Å²) in [7, 11) is 0. The second-order valence-corrected chi connectivity index (χ2v) is 5.06. The van der Waals surface area contributed by atoms with Crippen molar-refractivity contribution in [1.82, 2.24) is 5.32 Å². The molecule has 5 nitrogen and oxygen atoms in total. The monoisotopic (exact) mass is 275 g/mol. The van der Waals surface area contributed by atoms with Crippen molar-refractivity contribution in [3.8, 4) is 0 Å². The van der Waals surface area contributed by atoms with E-state index in [-0.39, 0.29) is 6.10 Å². The van der Waals surface area contributed by atoms with Gasteiger partial charge in [-0.05, 0) is 33.2 Å². The fourth-order valence-electron chi connectivity index (χ4n) is 1.82. The van der Waals surface area contributed by atoms with E-state index >= 15 is 0 Å². The molecule has 0 bridgehead atoms. The SMILES string of the molecule is CCCNC(C)(CC(C)OCCOCCC)C(=O)O. The molecule has 0 heterocycles. The molecule has 2 unspecified atom stereocenters. The van der Waals surface area contributed by atoms with Crippen LogP contribution in [0.2, 0.25) is 0 Å². The highest BCUT2D eigenvalue weighted by molar-refractivity contribution is 5.78. The van der Waals surface area contributed by atoms with Gasteiger partial charge in [0.05, 0.1) is 19.3 Å². The largest absolute Gasteiger partial charge is 0.480 e. The number of aliphatic carboxylic acids is 1. The summed E-state index contributed by atoms with van der Waals surface area (Å²) in [5.41, 5.74) is -0.931. The van der Waals surface area contributed by atoms with Gasteiger partial charge >= 0.3 is 5.97 Å². The molecule has 0 fully saturated rings. The average molecular weight is 275 g/mol. The first-order chi connectivity index (χ1) is 8.96. The molecule has 0 spiro atoms. The molecule has 2 atom stereocenters. The number of nitrogens with one attached hydrogen (secondary N) is 1. The Kier molecular flexibility index (Phi) is 9.83. The highest BCUT2D eigenvalue weighted by Crippen LogP contribution is 2.15. The van der Waals surface area contributed by atoms with Crippen LogP contribution in [-0.2, 0) is 14.3 Å². The smallest absolute Gasteiger partial charge is 0.323 e. The van der Waals surface area contributed by atoms with Crippen LogP contribution in [0.3, 0.4) is 0 Å². The van der Waals surface area contributed by atoms with E-state index in [0.29, 0.717) is 26.2 Å². The summed E-state index contributed by atoms with van der Waals surface area (Å²) < 4.78 is 10.9. The van der Waals surface area contributed by atoms with Crippen LogP contribution in [0.1, 0.15) is 47.0 Å². The lowest BCUT2D eigenvalue weighted by molar-refractivity contribution is -0.146. The van der Waals surface area contributed by atoms with Crippen LogP contribution in [0.4, 0.5) is 0 Å². The lowest BCUT2D eigenvalue weighted by Gasteiger charge is -2.29. The van der Waals surface area contributed by atoms with E-state index in [4.69, 9.17) is 9.47 Å². The van der Waals surface area contributed by atoms with Crippen molar-refractivity contribution in [2.45, 2.75) is 58.6 Å². The number of ether oxygens (including phenoxy) is 2. The van der Waals surface area contributed by atoms with Crippen molar-refractivity contribution in [2.24, 2.45) is 0 Å². The topological polar surface area (TPSA) is 67.8 Å². The molecule has 0 saturated carbocycles. The molecule has 2 N–H and O–H groups in total. The van der Waals surface area contributed by atoms with E-state index in [1.807, 2.05) is 13.8 Å². The van der Waals surface area contributed by atoms with Crippen LogP contribution < -0.4 is 5.32 Å². The molecule has 0 amide bonds. The highest BCUT2D eigenvalue weighted by Gasteiger charge is 2.34. The number of carboxylic acid groups (broad SMARTS) is 1. The van der Waals surface area contributed by atoms with E-state index in [1.54, 1.807) is 6.92 Å². The van der Waals surface area contributed by atoms with Gasteiger partial charge in [-0.3, -0.25) is 4.79 Å². The van der Waals surface area contributed by atoms with Gasteiger partial charge in [-0.1, -0.05) is 13.8 Å². The van der Waals surface area contributed by atoms with Gasteiger partial charge in [0.15, 0.2) is 0 Å². The Labute approximate surface area is 116 Å². The fourth-order valence-corrected chi connectivity index (χ4v) is 1.82. The Morgan fingerprint density at radius 3 is 2.47 bits per heavy atom. The first kappa shape index (κ1) is 18.4. The predicted molar refractivity (Wildman–Crippen MR) is 75.5 cm³/mol. The Morgan fingerprint density at radius 1 is 1.26 bits per heavy atom. The van der Waals surface area contributed by atoms with Crippen molar-refractivity contribution in [2.75, 3.05) is 26.4 Å². The predicted octanol–water partition coefficient (Wildman–Crippen LogP) is 2.05. The number of hydrogen-bond donors (Lipinski definition) is 2. The molecule has 0 aromatic rings. The normalized spacial score (nSPS) is 16.0. The first-order valence-corrected chi connectivity index (χ1v) is 7.14. The van der Waals surface area contributed by atoms with Crippen LogP contribution in [-0.4, -0.2) is 49.1 Å². The molecule has 5 heteroatoms. The van der Waals surface area contributed by atoms with E-state index in [1.165, 1.54) is 0 Å². The summed E-state index contributed by atoms with van der Waals surface area (Å²) in [5, 5.41) is 12.4. The molecule has 0 aliphatic rings. The van der Waals surface area contributed by atoms with E-state index < -0.39 is 11.5 Å². The van der Waals surface area contributed by atoms with Gasteiger partial charge in [0.2, 0.25) is 0 Å². The third-order valence-electron chi connectivity index (χ3n) is 2.91. The van der Waals surface area contributed by atoms with Gasteiger partial charge in [0, 0.05) is 13.0 Å². The van der Waals surface area contributed by atoms with Crippen LogP contribution in [0, 0.1) is 0 Å². The Hall–Kier alpha value is -0.650. The van der Waals surface area contributed by atoms with Gasteiger partial charge in [0.1, 0.15) is 5.54 Å². The molecule has 114 valence electrons. The minimum Gasteiger partial charge on any atom is -0.480 e. The molecule has 0 rings (SSSR count). The first-order valence-electron chi connectivity index (χ1n) is 7.14. The minimum atomic E-state index is -0.931. The van der Waals surface area contributed by atoms with Crippen molar-refractivity contribution >= 4 is 5.97 Å². The van der Waals surface area contributed by atoms with E-state index in [0.717, 1.165) is 19.4 Å². The average Bonchev–Trinajstić information content (AvgIpc) is 2.36. The standard InChI is InChI=1S/C14H29NO4/c1-5-7-15-14(4,13(16)17)11-12(3)19-10-9-18-8-6-2/h12,15H,5-11H2,1-4H3,(H,16,17). The maximum Gasteiger partial charge on any atom is 0.323 e. The number of rotatable bonds is 12. The van der Waals surface area contributed by atoms with Crippen LogP contribution >= 0.6 is 0 Å². The van der Waals surface area contributed by atoms with Crippen LogP contribution in [0.25, 0.3) is 0 Å². The molecule has 0 aliphatic carbocycles. The Bertz CT molecular complexity index is 248. The van der Waals surface area contributed by atoms with Crippen LogP contribution in [0.5, 0.6) is 0 Å². The molecule has 0 aliphatic heterocycles. The van der Waals surface area contributed by atoms with Crippen molar-refractivity contribution in [3.63, 3.8) is 0 Å². The minimum absolute atomic E-state index is 0.115. The summed E-state index contributed by atoms with van der Waals surface area (Å²) in [6, 6.07) is 0. The summed E-state index contributed by atoms with van der Waals surface area (Å²) >= 11 is 0. The van der Waals surface area contributed by atoms with Crippen molar-refractivity contribution in [1.29, 1.82) is 0 Å². The van der Waals surface area contributed by atoms with Crippen LogP contribution in [0.15, 0.2) is 0 Å². The fraction of sp³-hybridized carbons (Fsp3) is 0.929. The highest BCUT2D eigenvalue weighted by atomic mass is 16.5. The summed E-state index contributed by atoms with van der Waals surface area (Å²) in [6.07, 6.45) is 2.22. The van der Waals surface area contributed by atoms with Gasteiger partial charge in [-0.2, -0.15) is 0 Å². The Balaban J connectivity index is 4.02. The lowest BCUT2D eigenvalue weighted by Crippen LogP contribution is -2.51. The van der Waals surface area contributed by atoms with Crippen molar-refractivity contribution < 1.29 is 19.4 Å². The third kappa shape index (κ3) is 8.18. The number of hydrogen-bond acceptors (Lipinski definition) is 4. The zero-order chi connectivity index (χ0) is 14.7. The van der Waals surface area contributed by atoms with Gasteiger partial charge in [-0.25, -0.2) is 0 Å². The van der Waals surface area contributed by atoms with E-state index in [9.17, 15) is 9.90 Å². The second kappa shape index (κ2) is 10.2. The van der Waals surface area contributed by atoms with E-state index in [2.05, 4.69) is 12.2 Å². The number of carboxylic acids is 1. The maximum atomic E-state index is 11.3. The summed E-state index contributed by atoms with van der Waals surface area (Å²) in [4.78, 5) is 11.3. The third-order valence-corrected chi connectivity index (χ3v) is 2.91. The lowest BCUT2D eigenvalue weighted by atomic mass is 9.94. The summed E-state index contributed by atoms with van der Waals surface area (Å²) in [5.74, 6) is -0.835. The summed E-state index contributed by atoms with van der Waals surface area (Å²) in [6.45, 7) is 10.2. The van der Waals surface area contributed by atoms with Crippen molar-refractivity contribution in [3.05, 3.63) is 0 Å². The zero-order valence-corrected chi connectivity index (χ0v) is 12.7. The molecular formula is C14H29NO4. The number of carbonyl (C=O) groups is 1. The molecule has 0 radical (unpaired) electrons. The molecular weight excluding hydrogens is 246 g/mol. The maximum absolute atomic E-state index is 11.3. The Morgan fingerprint density at radius 2 is 1.95 bits per heavy atom. The van der Waals surface area contributed by atoms with Gasteiger partial charge in [0.25, 0.3) is 0 Å². The quantitative estimate of drug-likeness (QED) is 0.534. The molecule has 0 aromatic heterocycles. The van der Waals surface area contributed by atoms with Gasteiger partial charge in [-0.15, -0.1) is 0 Å². The zero-order valence-electron chi connectivity index (χ0n) is 12.7. The molecule has 19 heavy (non-hydrogen) atoms.